The number of hydrogen-bond donors (Lipinski definition) is 1. The Morgan fingerprint density at radius 2 is 1.87 bits per heavy atom. The van der Waals surface area contributed by atoms with Crippen LogP contribution in [-0.4, -0.2) is 6.04 Å². The van der Waals surface area contributed by atoms with E-state index < -0.39 is 0 Å². The second kappa shape index (κ2) is 8.12. The number of benzene rings is 1. The lowest BCUT2D eigenvalue weighted by Crippen LogP contribution is -2.48. The summed E-state index contributed by atoms with van der Waals surface area (Å²) in [7, 11) is 0. The molecule has 0 heterocycles. The van der Waals surface area contributed by atoms with E-state index in [9.17, 15) is 0 Å². The zero-order chi connectivity index (χ0) is 20.9. The van der Waals surface area contributed by atoms with Crippen molar-refractivity contribution in [3.63, 3.8) is 0 Å². The van der Waals surface area contributed by atoms with Crippen LogP contribution >= 0.6 is 0 Å². The first-order valence-electron chi connectivity index (χ1n) is 13.0. The molecule has 8 atom stereocenters. The van der Waals surface area contributed by atoms with Gasteiger partial charge in [0.2, 0.25) is 0 Å². The number of allylic oxidation sites excluding steroid dienone is 2. The smallest absolute Gasteiger partial charge is 0.0108 e. The molecule has 3 saturated carbocycles. The van der Waals surface area contributed by atoms with E-state index in [0.717, 1.165) is 36.0 Å². The Hall–Kier alpha value is -1.08. The van der Waals surface area contributed by atoms with Gasteiger partial charge in [-0.2, -0.15) is 0 Å². The SMILES string of the molecule is Cc1ccc(CC(N)C(C)C2CCC3C4CC=C5CCCCC5C4CCC23C)cc1.[HH]. The Bertz CT molecular complexity index is 782. The summed E-state index contributed by atoms with van der Waals surface area (Å²) in [5.74, 6) is 5.26. The molecule has 5 rings (SSSR count). The minimum Gasteiger partial charge on any atom is -0.327 e. The molecule has 2 N–H and O–H groups in total. The zero-order valence-corrected chi connectivity index (χ0v) is 19.6. The molecular formula is C29H45N. The van der Waals surface area contributed by atoms with Crippen LogP contribution in [-0.2, 0) is 6.42 Å². The molecule has 0 radical (unpaired) electrons. The van der Waals surface area contributed by atoms with E-state index in [-0.39, 0.29) is 7.47 Å². The van der Waals surface area contributed by atoms with Gasteiger partial charge < -0.3 is 5.73 Å². The number of nitrogens with two attached hydrogens (primary N) is 1. The fourth-order valence-electron chi connectivity index (χ4n) is 8.63. The molecule has 0 saturated heterocycles. The van der Waals surface area contributed by atoms with Crippen LogP contribution in [0, 0.1) is 47.8 Å². The fourth-order valence-corrected chi connectivity index (χ4v) is 8.63. The van der Waals surface area contributed by atoms with Crippen molar-refractivity contribution in [3.8, 4) is 0 Å². The van der Waals surface area contributed by atoms with Gasteiger partial charge in [-0.25, -0.2) is 0 Å². The maximum atomic E-state index is 6.86. The predicted octanol–water partition coefficient (Wildman–Crippen LogP) is 7.33. The molecule has 3 fully saturated rings. The summed E-state index contributed by atoms with van der Waals surface area (Å²) in [5.41, 5.74) is 12.0. The standard InChI is InChI=1S/C29H43N.H2/c1-19-8-10-21(11-9-19)18-28(30)20(2)26-14-15-27-25-13-12-22-6-4-5-7-23(22)24(25)16-17-29(26,27)3;/h8-12,20,23-28H,4-7,13-18,30H2,1-3H3;1H. The van der Waals surface area contributed by atoms with Crippen molar-refractivity contribution in [1.82, 2.24) is 0 Å². The average Bonchev–Trinajstić information content (AvgIpc) is 3.11. The molecular weight excluding hydrogens is 362 g/mol. The van der Waals surface area contributed by atoms with Crippen LogP contribution in [0.25, 0.3) is 0 Å². The van der Waals surface area contributed by atoms with E-state index in [1.165, 1.54) is 68.9 Å². The van der Waals surface area contributed by atoms with Crippen LogP contribution in [0.3, 0.4) is 0 Å². The summed E-state index contributed by atoms with van der Waals surface area (Å²) in [6.07, 6.45) is 16.7. The maximum Gasteiger partial charge on any atom is 0.0108 e. The summed E-state index contributed by atoms with van der Waals surface area (Å²) >= 11 is 0. The Balaban J connectivity index is 0.00000231. The van der Waals surface area contributed by atoms with Gasteiger partial charge in [-0.3, -0.25) is 0 Å². The van der Waals surface area contributed by atoms with Crippen molar-refractivity contribution in [2.24, 2.45) is 46.7 Å². The highest BCUT2D eigenvalue weighted by Crippen LogP contribution is 2.64. The highest BCUT2D eigenvalue weighted by molar-refractivity contribution is 5.23. The molecule has 0 bridgehead atoms. The molecule has 30 heavy (non-hydrogen) atoms. The van der Waals surface area contributed by atoms with Crippen molar-refractivity contribution in [2.75, 3.05) is 0 Å². The third kappa shape index (κ3) is 3.50. The quantitative estimate of drug-likeness (QED) is 0.520. The summed E-state index contributed by atoms with van der Waals surface area (Å²) in [6, 6.07) is 9.31. The molecule has 0 aliphatic heterocycles. The second-order valence-electron chi connectivity index (χ2n) is 11.7. The van der Waals surface area contributed by atoms with E-state index >= 15 is 0 Å². The summed E-state index contributed by atoms with van der Waals surface area (Å²) in [4.78, 5) is 0. The van der Waals surface area contributed by atoms with Crippen LogP contribution in [0.5, 0.6) is 0 Å². The minimum absolute atomic E-state index is 0. The molecule has 0 aromatic heterocycles. The molecule has 4 aliphatic rings. The number of fused-ring (bicyclic) bond motifs is 5. The lowest BCUT2D eigenvalue weighted by molar-refractivity contribution is -0.0262. The molecule has 0 spiro atoms. The largest absolute Gasteiger partial charge is 0.327 e. The van der Waals surface area contributed by atoms with Gasteiger partial charge in [0.05, 0.1) is 0 Å². The van der Waals surface area contributed by atoms with Gasteiger partial charge in [-0.05, 0) is 111 Å². The van der Waals surface area contributed by atoms with E-state index in [1.807, 2.05) is 5.57 Å². The van der Waals surface area contributed by atoms with Gasteiger partial charge in [0.15, 0.2) is 0 Å². The van der Waals surface area contributed by atoms with Crippen LogP contribution in [0.4, 0.5) is 0 Å². The highest BCUT2D eigenvalue weighted by atomic mass is 14.7. The first-order valence-corrected chi connectivity index (χ1v) is 13.0. The molecule has 1 nitrogen and oxygen atoms in total. The molecule has 8 unspecified atom stereocenters. The lowest BCUT2D eigenvalue weighted by Gasteiger charge is -2.54. The summed E-state index contributed by atoms with van der Waals surface area (Å²) < 4.78 is 0. The van der Waals surface area contributed by atoms with Gasteiger partial charge >= 0.3 is 0 Å². The Morgan fingerprint density at radius 3 is 2.67 bits per heavy atom. The van der Waals surface area contributed by atoms with E-state index in [1.54, 1.807) is 0 Å². The Kier molecular flexibility index (Phi) is 5.63. The third-order valence-corrected chi connectivity index (χ3v) is 10.3. The van der Waals surface area contributed by atoms with Gasteiger partial charge in [0, 0.05) is 7.47 Å². The first-order chi connectivity index (χ1) is 14.5. The zero-order valence-electron chi connectivity index (χ0n) is 19.6. The van der Waals surface area contributed by atoms with Crippen LogP contribution < -0.4 is 5.73 Å². The van der Waals surface area contributed by atoms with Crippen molar-refractivity contribution >= 4 is 0 Å². The van der Waals surface area contributed by atoms with Crippen molar-refractivity contribution in [2.45, 2.75) is 91.0 Å². The average molecular weight is 408 g/mol. The molecule has 166 valence electrons. The lowest BCUT2D eigenvalue weighted by atomic mass is 9.51. The Morgan fingerprint density at radius 1 is 1.07 bits per heavy atom. The normalized spacial score (nSPS) is 40.0. The van der Waals surface area contributed by atoms with E-state index in [4.69, 9.17) is 5.73 Å². The van der Waals surface area contributed by atoms with Crippen LogP contribution in [0.2, 0.25) is 0 Å². The predicted molar refractivity (Wildman–Crippen MR) is 129 cm³/mol. The molecule has 1 aromatic rings. The second-order valence-corrected chi connectivity index (χ2v) is 11.7. The van der Waals surface area contributed by atoms with Gasteiger partial charge in [-0.1, -0.05) is 61.7 Å². The van der Waals surface area contributed by atoms with E-state index in [2.05, 4.69) is 51.1 Å². The van der Waals surface area contributed by atoms with Gasteiger partial charge in [0.25, 0.3) is 0 Å². The van der Waals surface area contributed by atoms with Gasteiger partial charge in [-0.15, -0.1) is 0 Å². The van der Waals surface area contributed by atoms with Crippen LogP contribution in [0.1, 0.15) is 84.2 Å². The fraction of sp³-hybridized carbons (Fsp3) is 0.724. The topological polar surface area (TPSA) is 26.0 Å². The monoisotopic (exact) mass is 407 g/mol. The minimum atomic E-state index is 0. The van der Waals surface area contributed by atoms with Crippen LogP contribution in [0.15, 0.2) is 35.9 Å². The first kappa shape index (κ1) is 20.8. The maximum absolute atomic E-state index is 6.86. The number of aryl methyl sites for hydroxylation is 1. The summed E-state index contributed by atoms with van der Waals surface area (Å²) in [6.45, 7) is 7.31. The molecule has 0 amide bonds. The van der Waals surface area contributed by atoms with Crippen molar-refractivity contribution in [3.05, 3.63) is 47.0 Å². The van der Waals surface area contributed by atoms with Crippen molar-refractivity contribution in [1.29, 1.82) is 0 Å². The summed E-state index contributed by atoms with van der Waals surface area (Å²) in [5, 5.41) is 0. The number of hydrogen-bond acceptors (Lipinski definition) is 1. The molecule has 1 heteroatoms. The molecule has 1 aromatic carbocycles. The number of rotatable bonds is 4. The third-order valence-electron chi connectivity index (χ3n) is 10.3. The van der Waals surface area contributed by atoms with E-state index in [0.29, 0.717) is 11.3 Å². The van der Waals surface area contributed by atoms with Gasteiger partial charge in [0.1, 0.15) is 0 Å². The Labute approximate surface area is 186 Å². The van der Waals surface area contributed by atoms with Crippen molar-refractivity contribution < 1.29 is 1.43 Å². The molecule has 4 aliphatic carbocycles. The highest BCUT2D eigenvalue weighted by Gasteiger charge is 2.56.